The highest BCUT2D eigenvalue weighted by atomic mass is 32.2. The molecule has 0 bridgehead atoms. The van der Waals surface area contributed by atoms with E-state index in [-0.39, 0.29) is 28.6 Å². The molecule has 2 heterocycles. The Bertz CT molecular complexity index is 1230. The third kappa shape index (κ3) is 4.19. The summed E-state index contributed by atoms with van der Waals surface area (Å²) in [5, 5.41) is 16.7. The molecule has 3 N–H and O–H groups in total. The van der Waals surface area contributed by atoms with Gasteiger partial charge in [-0.3, -0.25) is 0 Å². The van der Waals surface area contributed by atoms with Crippen LogP contribution in [0.5, 0.6) is 11.5 Å². The number of hydrogen-bond donors (Lipinski definition) is 3. The molecule has 1 atom stereocenters. The fourth-order valence-electron chi connectivity index (χ4n) is 4.28. The van der Waals surface area contributed by atoms with Gasteiger partial charge >= 0.3 is 0 Å². The summed E-state index contributed by atoms with van der Waals surface area (Å²) in [5.41, 5.74) is 1.82. The highest BCUT2D eigenvalue weighted by Gasteiger charge is 2.43. The summed E-state index contributed by atoms with van der Waals surface area (Å²) in [5.74, 6) is -0.389. The van der Waals surface area contributed by atoms with Crippen molar-refractivity contribution >= 4 is 21.2 Å². The molecule has 0 aromatic heterocycles. The van der Waals surface area contributed by atoms with Gasteiger partial charge in [-0.15, -0.1) is 0 Å². The lowest BCUT2D eigenvalue weighted by molar-refractivity contribution is 0.350. The molecule has 0 radical (unpaired) electrons. The molecule has 0 fully saturated rings. The van der Waals surface area contributed by atoms with Crippen molar-refractivity contribution in [1.29, 1.82) is 0 Å². The van der Waals surface area contributed by atoms with Gasteiger partial charge in [-0.25, -0.2) is 12.8 Å². The summed E-state index contributed by atoms with van der Waals surface area (Å²) in [4.78, 5) is 0.0990. The Morgan fingerprint density at radius 2 is 2.06 bits per heavy atom. The van der Waals surface area contributed by atoms with Crippen LogP contribution < -0.4 is 15.4 Å². The van der Waals surface area contributed by atoms with Gasteiger partial charge in [0.15, 0.2) is 9.84 Å². The van der Waals surface area contributed by atoms with Gasteiger partial charge in [-0.2, -0.15) is 0 Å². The molecule has 2 aromatic carbocycles. The summed E-state index contributed by atoms with van der Waals surface area (Å²) >= 11 is 0. The van der Waals surface area contributed by atoms with Gasteiger partial charge < -0.3 is 20.5 Å². The van der Waals surface area contributed by atoms with Crippen molar-refractivity contribution in [3.05, 3.63) is 70.5 Å². The zero-order chi connectivity index (χ0) is 23.3. The van der Waals surface area contributed by atoms with Gasteiger partial charge in [0, 0.05) is 17.3 Å². The molecule has 0 saturated carbocycles. The third-order valence-electron chi connectivity index (χ3n) is 5.52. The minimum Gasteiger partial charge on any atom is -0.506 e. The normalized spacial score (nSPS) is 20.8. The number of phenols is 1. The predicted molar refractivity (Wildman–Crippen MR) is 124 cm³/mol. The van der Waals surface area contributed by atoms with E-state index in [0.29, 0.717) is 29.2 Å². The third-order valence-corrected chi connectivity index (χ3v) is 7.83. The van der Waals surface area contributed by atoms with Gasteiger partial charge in [0.05, 0.1) is 22.4 Å². The fraction of sp³-hybridized carbons (Fsp3) is 0.333. The molecule has 1 unspecified atom stereocenters. The van der Waals surface area contributed by atoms with E-state index in [1.165, 1.54) is 18.2 Å². The van der Waals surface area contributed by atoms with Crippen LogP contribution in [0.25, 0.3) is 0 Å². The number of fused-ring (bicyclic) bond motifs is 1. The van der Waals surface area contributed by atoms with Gasteiger partial charge in [0.25, 0.3) is 0 Å². The summed E-state index contributed by atoms with van der Waals surface area (Å²) < 4.78 is 47.6. The largest absolute Gasteiger partial charge is 0.506 e. The molecule has 2 aliphatic rings. The van der Waals surface area contributed by atoms with Gasteiger partial charge in [0.2, 0.25) is 0 Å². The van der Waals surface area contributed by atoms with Crippen LogP contribution in [-0.4, -0.2) is 25.9 Å². The van der Waals surface area contributed by atoms with Gasteiger partial charge in [-0.1, -0.05) is 26.5 Å². The van der Waals surface area contributed by atoms with Crippen LogP contribution in [0, 0.1) is 11.2 Å². The molecule has 32 heavy (non-hydrogen) atoms. The maximum absolute atomic E-state index is 15.3. The number of aromatic hydroxyl groups is 1. The summed E-state index contributed by atoms with van der Waals surface area (Å²) in [6.45, 7) is 9.60. The number of para-hydroxylation sites is 1. The SMILES string of the molecule is C=C(C)COc1ccc(C2Nc3c(O)cccc3NC3=C2S(=O)(=O)CC(C)(C)C3)c(F)c1. The van der Waals surface area contributed by atoms with Crippen LogP contribution in [0.4, 0.5) is 15.8 Å². The molecule has 170 valence electrons. The maximum atomic E-state index is 15.3. The molecule has 2 aromatic rings. The van der Waals surface area contributed by atoms with E-state index < -0.39 is 27.1 Å². The van der Waals surface area contributed by atoms with E-state index in [1.807, 2.05) is 13.8 Å². The number of hydrogen-bond acceptors (Lipinski definition) is 6. The van der Waals surface area contributed by atoms with Crippen LogP contribution in [0.2, 0.25) is 0 Å². The second kappa shape index (κ2) is 7.85. The van der Waals surface area contributed by atoms with E-state index in [9.17, 15) is 13.5 Å². The van der Waals surface area contributed by atoms with Crippen LogP contribution in [-0.2, 0) is 9.84 Å². The quantitative estimate of drug-likeness (QED) is 0.435. The van der Waals surface area contributed by atoms with E-state index >= 15 is 4.39 Å². The lowest BCUT2D eigenvalue weighted by Gasteiger charge is -2.34. The molecule has 6 nitrogen and oxygen atoms in total. The molecule has 0 amide bonds. The van der Waals surface area contributed by atoms with Crippen molar-refractivity contribution < 1.29 is 22.7 Å². The monoisotopic (exact) mass is 458 g/mol. The highest BCUT2D eigenvalue weighted by Crippen LogP contribution is 2.48. The predicted octanol–water partition coefficient (Wildman–Crippen LogP) is 5.12. The number of nitrogens with one attached hydrogen (secondary N) is 2. The van der Waals surface area contributed by atoms with Crippen molar-refractivity contribution in [3.63, 3.8) is 0 Å². The number of halogens is 1. The molecule has 4 rings (SSSR count). The molecule has 0 spiro atoms. The first-order valence-corrected chi connectivity index (χ1v) is 12.0. The lowest BCUT2D eigenvalue weighted by atomic mass is 9.88. The highest BCUT2D eigenvalue weighted by molar-refractivity contribution is 7.95. The van der Waals surface area contributed by atoms with E-state index in [4.69, 9.17) is 4.74 Å². The fourth-order valence-corrected chi connectivity index (χ4v) is 6.61. The number of ether oxygens (including phenoxy) is 1. The molecule has 0 saturated heterocycles. The summed E-state index contributed by atoms with van der Waals surface area (Å²) in [6.07, 6.45) is 0.469. The van der Waals surface area contributed by atoms with Crippen LogP contribution in [0.1, 0.15) is 38.8 Å². The molecule has 0 aliphatic carbocycles. The Balaban J connectivity index is 1.87. The topological polar surface area (TPSA) is 87.7 Å². The number of sulfone groups is 1. The molecule has 8 heteroatoms. The number of rotatable bonds is 4. The van der Waals surface area contributed by atoms with Crippen LogP contribution in [0.15, 0.2) is 59.2 Å². The van der Waals surface area contributed by atoms with Crippen molar-refractivity contribution in [1.82, 2.24) is 0 Å². The lowest BCUT2D eigenvalue weighted by Crippen LogP contribution is -2.35. The average Bonchev–Trinajstić information content (AvgIpc) is 2.82. The first-order chi connectivity index (χ1) is 15.0. The number of phenolic OH excluding ortho intramolecular Hbond substituents is 1. The Morgan fingerprint density at radius 1 is 1.31 bits per heavy atom. The molecular weight excluding hydrogens is 431 g/mol. The molecular formula is C24H27FN2O4S. The Labute approximate surface area is 187 Å². The minimum absolute atomic E-state index is 0.0531. The van der Waals surface area contributed by atoms with Crippen molar-refractivity contribution in [3.8, 4) is 11.5 Å². The number of anilines is 2. The molecule has 2 aliphatic heterocycles. The first-order valence-electron chi connectivity index (χ1n) is 10.3. The summed E-state index contributed by atoms with van der Waals surface area (Å²) in [6, 6.07) is 8.26. The van der Waals surface area contributed by atoms with E-state index in [1.54, 1.807) is 25.1 Å². The van der Waals surface area contributed by atoms with Crippen LogP contribution >= 0.6 is 0 Å². The maximum Gasteiger partial charge on any atom is 0.179 e. The first kappa shape index (κ1) is 22.2. The number of allylic oxidation sites excluding steroid dienone is 1. The van der Waals surface area contributed by atoms with Crippen molar-refractivity contribution in [2.45, 2.75) is 33.2 Å². The summed E-state index contributed by atoms with van der Waals surface area (Å²) in [7, 11) is -3.73. The Morgan fingerprint density at radius 3 is 2.75 bits per heavy atom. The minimum atomic E-state index is -3.73. The van der Waals surface area contributed by atoms with Gasteiger partial charge in [0.1, 0.15) is 29.6 Å². The van der Waals surface area contributed by atoms with Crippen LogP contribution in [0.3, 0.4) is 0 Å². The van der Waals surface area contributed by atoms with Crippen molar-refractivity contribution in [2.24, 2.45) is 5.41 Å². The Kier molecular flexibility index (Phi) is 5.45. The zero-order valence-corrected chi connectivity index (χ0v) is 19.1. The van der Waals surface area contributed by atoms with E-state index in [2.05, 4.69) is 17.2 Å². The average molecular weight is 459 g/mol. The van der Waals surface area contributed by atoms with E-state index in [0.717, 1.165) is 5.57 Å². The second-order valence-corrected chi connectivity index (χ2v) is 11.2. The smallest absolute Gasteiger partial charge is 0.179 e. The zero-order valence-electron chi connectivity index (χ0n) is 18.3. The Hall–Kier alpha value is -3.00. The number of benzene rings is 2. The van der Waals surface area contributed by atoms with Crippen molar-refractivity contribution in [2.75, 3.05) is 23.0 Å². The second-order valence-electron chi connectivity index (χ2n) is 9.27. The van der Waals surface area contributed by atoms with Gasteiger partial charge in [-0.05, 0) is 48.6 Å². The standard InChI is InChI=1S/C24H27FN2O4S/c1-14(2)12-31-15-8-9-16(17(25)10-15)21-23-19(11-24(3,4)13-32(23,29)30)26-18-6-5-7-20(28)22(18)27-21/h5-10,21,26-28H,1,11-13H2,2-4H3.